The normalized spacial score (nSPS) is 26.5. The highest BCUT2D eigenvalue weighted by atomic mass is 32.1. The fourth-order valence-corrected chi connectivity index (χ4v) is 4.81. The molecular formula is C19H24N2OS. The maximum Gasteiger partial charge on any atom is 0.0500 e. The minimum absolute atomic E-state index is 0.0712. The number of aliphatic hydroxyl groups is 1. The summed E-state index contributed by atoms with van der Waals surface area (Å²) in [6, 6.07) is 8.58. The Morgan fingerprint density at radius 1 is 1.22 bits per heavy atom. The lowest BCUT2D eigenvalue weighted by Crippen LogP contribution is -2.37. The fourth-order valence-electron chi connectivity index (χ4n) is 4.10. The van der Waals surface area contributed by atoms with Crippen molar-refractivity contribution in [2.45, 2.75) is 37.6 Å². The van der Waals surface area contributed by atoms with Crippen molar-refractivity contribution < 1.29 is 5.11 Å². The maximum absolute atomic E-state index is 10.1. The van der Waals surface area contributed by atoms with Crippen molar-refractivity contribution in [2.75, 3.05) is 19.7 Å². The van der Waals surface area contributed by atoms with Gasteiger partial charge < -0.3 is 5.11 Å². The monoisotopic (exact) mass is 328 g/mol. The van der Waals surface area contributed by atoms with E-state index >= 15 is 0 Å². The molecule has 122 valence electrons. The van der Waals surface area contributed by atoms with E-state index < -0.39 is 0 Å². The molecule has 1 aliphatic carbocycles. The first kappa shape index (κ1) is 15.3. The Morgan fingerprint density at radius 2 is 2.13 bits per heavy atom. The van der Waals surface area contributed by atoms with Gasteiger partial charge in [0.1, 0.15) is 0 Å². The van der Waals surface area contributed by atoms with Gasteiger partial charge in [0.15, 0.2) is 0 Å². The van der Waals surface area contributed by atoms with Crippen LogP contribution in [0.3, 0.4) is 0 Å². The highest BCUT2D eigenvalue weighted by Gasteiger charge is 2.54. The summed E-state index contributed by atoms with van der Waals surface area (Å²) in [5.41, 5.74) is 1.63. The Morgan fingerprint density at radius 3 is 2.78 bits per heavy atom. The van der Waals surface area contributed by atoms with Gasteiger partial charge in [-0.05, 0) is 61.7 Å². The van der Waals surface area contributed by atoms with Crippen molar-refractivity contribution in [1.29, 1.82) is 0 Å². The molecule has 0 unspecified atom stereocenters. The van der Waals surface area contributed by atoms with Crippen LogP contribution in [0.5, 0.6) is 0 Å². The van der Waals surface area contributed by atoms with E-state index in [1.807, 2.05) is 29.8 Å². The van der Waals surface area contributed by atoms with Gasteiger partial charge in [-0.1, -0.05) is 12.1 Å². The van der Waals surface area contributed by atoms with Crippen LogP contribution in [0.2, 0.25) is 0 Å². The molecule has 3 heterocycles. The minimum Gasteiger partial charge on any atom is -0.396 e. The van der Waals surface area contributed by atoms with Crippen LogP contribution in [-0.2, 0) is 12.0 Å². The second-order valence-electron chi connectivity index (χ2n) is 7.18. The molecule has 1 saturated carbocycles. The number of nitrogens with zero attached hydrogens (tertiary/aromatic N) is 2. The Hall–Kier alpha value is -1.23. The van der Waals surface area contributed by atoms with Crippen LogP contribution in [0.1, 0.15) is 36.1 Å². The Kier molecular flexibility index (Phi) is 4.00. The van der Waals surface area contributed by atoms with Gasteiger partial charge in [-0.3, -0.25) is 9.88 Å². The summed E-state index contributed by atoms with van der Waals surface area (Å²) < 4.78 is 0. The van der Waals surface area contributed by atoms with Gasteiger partial charge >= 0.3 is 0 Å². The quantitative estimate of drug-likeness (QED) is 0.882. The summed E-state index contributed by atoms with van der Waals surface area (Å²) in [4.78, 5) is 8.37. The Bertz CT molecular complexity index is 639. The fraction of sp³-hybridized carbons (Fsp3) is 0.526. The van der Waals surface area contributed by atoms with Crippen LogP contribution in [0.15, 0.2) is 42.0 Å². The van der Waals surface area contributed by atoms with Crippen molar-refractivity contribution in [3.8, 4) is 0 Å². The molecule has 0 radical (unpaired) electrons. The molecule has 1 aliphatic heterocycles. The van der Waals surface area contributed by atoms with Crippen LogP contribution in [0.4, 0.5) is 0 Å². The van der Waals surface area contributed by atoms with E-state index in [4.69, 9.17) is 0 Å². The van der Waals surface area contributed by atoms with Crippen molar-refractivity contribution >= 4 is 11.3 Å². The maximum atomic E-state index is 10.1. The number of rotatable bonds is 6. The second-order valence-corrected chi connectivity index (χ2v) is 8.21. The number of thiophene rings is 1. The topological polar surface area (TPSA) is 36.4 Å². The van der Waals surface area contributed by atoms with E-state index in [-0.39, 0.29) is 11.0 Å². The number of likely N-dealkylation sites (tertiary alicyclic amines) is 1. The third-order valence-electron chi connectivity index (χ3n) is 5.78. The lowest BCUT2D eigenvalue weighted by Gasteiger charge is -2.32. The molecule has 4 rings (SSSR count). The predicted molar refractivity (Wildman–Crippen MR) is 93.5 cm³/mol. The van der Waals surface area contributed by atoms with Gasteiger partial charge in [0.2, 0.25) is 0 Å². The Labute approximate surface area is 142 Å². The van der Waals surface area contributed by atoms with Gasteiger partial charge in [-0.25, -0.2) is 0 Å². The van der Waals surface area contributed by atoms with Crippen LogP contribution in [0.25, 0.3) is 0 Å². The molecule has 2 aliphatic rings. The van der Waals surface area contributed by atoms with Crippen molar-refractivity contribution in [3.63, 3.8) is 0 Å². The number of pyridine rings is 1. The molecule has 0 amide bonds. The molecule has 1 saturated heterocycles. The molecule has 4 heteroatoms. The third-order valence-corrected chi connectivity index (χ3v) is 6.72. The lowest BCUT2D eigenvalue weighted by atomic mass is 9.83. The van der Waals surface area contributed by atoms with E-state index in [2.05, 4.69) is 33.5 Å². The molecule has 0 spiro atoms. The molecule has 1 atom stereocenters. The summed E-state index contributed by atoms with van der Waals surface area (Å²) in [7, 11) is 0. The first-order valence-corrected chi connectivity index (χ1v) is 9.43. The van der Waals surface area contributed by atoms with Crippen LogP contribution >= 0.6 is 11.3 Å². The van der Waals surface area contributed by atoms with Gasteiger partial charge in [0, 0.05) is 41.4 Å². The van der Waals surface area contributed by atoms with Gasteiger partial charge in [-0.15, -0.1) is 11.3 Å². The van der Waals surface area contributed by atoms with Crippen molar-refractivity contribution in [3.05, 3.63) is 52.5 Å². The molecule has 3 nitrogen and oxygen atoms in total. The lowest BCUT2D eigenvalue weighted by molar-refractivity contribution is 0.105. The zero-order valence-electron chi connectivity index (χ0n) is 13.4. The molecule has 0 aromatic carbocycles. The zero-order valence-corrected chi connectivity index (χ0v) is 14.3. The van der Waals surface area contributed by atoms with Gasteiger partial charge in [0.25, 0.3) is 0 Å². The van der Waals surface area contributed by atoms with E-state index in [0.717, 1.165) is 32.4 Å². The highest BCUT2D eigenvalue weighted by Crippen LogP contribution is 2.54. The van der Waals surface area contributed by atoms with Crippen molar-refractivity contribution in [2.24, 2.45) is 5.41 Å². The first-order chi connectivity index (χ1) is 11.3. The molecule has 2 aromatic rings. The van der Waals surface area contributed by atoms with E-state index in [9.17, 15) is 5.11 Å². The van der Waals surface area contributed by atoms with Gasteiger partial charge in [0.05, 0.1) is 0 Å². The highest BCUT2D eigenvalue weighted by molar-refractivity contribution is 7.09. The smallest absolute Gasteiger partial charge is 0.0500 e. The number of hydrogen-bond acceptors (Lipinski definition) is 4. The van der Waals surface area contributed by atoms with E-state index in [1.165, 1.54) is 23.3 Å². The number of aromatic nitrogens is 1. The third kappa shape index (κ3) is 2.84. The van der Waals surface area contributed by atoms with Crippen LogP contribution in [0, 0.1) is 5.41 Å². The summed E-state index contributed by atoms with van der Waals surface area (Å²) in [6.07, 6.45) is 9.61. The van der Waals surface area contributed by atoms with Crippen molar-refractivity contribution in [1.82, 2.24) is 9.88 Å². The zero-order chi connectivity index (χ0) is 15.8. The SMILES string of the molecule is OC[C@]1(CCc2cccs2)CCN(C2(c3cccnc3)CC2)C1. The summed E-state index contributed by atoms with van der Waals surface area (Å²) >= 11 is 1.83. The summed E-state index contributed by atoms with van der Waals surface area (Å²) in [6.45, 7) is 2.42. The Balaban J connectivity index is 1.47. The molecule has 0 bridgehead atoms. The predicted octanol–water partition coefficient (Wildman–Crippen LogP) is 3.45. The number of hydrogen-bond donors (Lipinski definition) is 1. The largest absolute Gasteiger partial charge is 0.396 e. The number of aryl methyl sites for hydroxylation is 1. The minimum atomic E-state index is 0.0712. The standard InChI is InChI=1S/C19H24N2OS/c22-15-18(6-5-17-4-2-12-23-17)9-11-21(14-18)19(7-8-19)16-3-1-10-20-13-16/h1-4,10,12-13,22H,5-9,11,14-15H2/t18-/m1/s1. The second kappa shape index (κ2) is 6.00. The van der Waals surface area contributed by atoms with E-state index in [1.54, 1.807) is 0 Å². The van der Waals surface area contributed by atoms with Crippen LogP contribution < -0.4 is 0 Å². The average Bonchev–Trinajstić information content (AvgIpc) is 3.05. The van der Waals surface area contributed by atoms with Crippen LogP contribution in [-0.4, -0.2) is 34.7 Å². The molecule has 2 fully saturated rings. The first-order valence-electron chi connectivity index (χ1n) is 8.55. The van der Waals surface area contributed by atoms with Gasteiger partial charge in [-0.2, -0.15) is 0 Å². The number of aliphatic hydroxyl groups excluding tert-OH is 1. The summed E-state index contributed by atoms with van der Waals surface area (Å²) in [5.74, 6) is 0. The summed E-state index contributed by atoms with van der Waals surface area (Å²) in [5, 5.41) is 12.2. The molecule has 23 heavy (non-hydrogen) atoms. The molecule has 2 aromatic heterocycles. The average molecular weight is 328 g/mol. The molecule has 1 N–H and O–H groups in total. The van der Waals surface area contributed by atoms with E-state index in [0.29, 0.717) is 6.61 Å². The molecular weight excluding hydrogens is 304 g/mol.